The van der Waals surface area contributed by atoms with E-state index in [1.807, 2.05) is 0 Å². The average molecular weight is 342 g/mol. The molecule has 1 radical (unpaired) electrons. The Morgan fingerprint density at radius 3 is 2.39 bits per heavy atom. The molecule has 1 rings (SSSR count). The minimum absolute atomic E-state index is 0. The van der Waals surface area contributed by atoms with Crippen LogP contribution in [0.15, 0.2) is 17.7 Å². The van der Waals surface area contributed by atoms with Crippen LogP contribution in [0.1, 0.15) is 33.1 Å². The minimum Gasteiger partial charge on any atom is -1.00 e. The Balaban J connectivity index is -0.000000750. The second-order valence-electron chi connectivity index (χ2n) is 5.09. The van der Waals surface area contributed by atoms with Gasteiger partial charge in [0.25, 0.3) is 0 Å². The average Bonchev–Trinajstić information content (AvgIpc) is 2.53. The van der Waals surface area contributed by atoms with Crippen molar-refractivity contribution in [2.75, 3.05) is 0 Å². The summed E-state index contributed by atoms with van der Waals surface area (Å²) in [5.41, 5.74) is 1.39. The maximum atomic E-state index is 5.99. The van der Waals surface area contributed by atoms with E-state index in [2.05, 4.69) is 45.2 Å². The molecule has 1 aliphatic rings. The Bertz CT molecular complexity index is 266. The molecular formula is C13H23Cl2OSiTi. The first-order chi connectivity index (χ1) is 6.99. The maximum Gasteiger partial charge on any atom is 3.00 e. The molecular weight excluding hydrogens is 319 g/mol. The van der Waals surface area contributed by atoms with Gasteiger partial charge in [-0.05, 0) is 33.0 Å². The van der Waals surface area contributed by atoms with Gasteiger partial charge in [0, 0.05) is 6.10 Å². The molecule has 0 N–H and O–H groups in total. The molecule has 0 fully saturated rings. The van der Waals surface area contributed by atoms with Gasteiger partial charge < -0.3 is 29.2 Å². The van der Waals surface area contributed by atoms with E-state index in [-0.39, 0.29) is 46.5 Å². The summed E-state index contributed by atoms with van der Waals surface area (Å²) in [6.45, 7) is 8.89. The molecule has 5 heteroatoms. The van der Waals surface area contributed by atoms with Crippen LogP contribution < -0.4 is 24.8 Å². The first kappa shape index (κ1) is 24.0. The van der Waals surface area contributed by atoms with Crippen LogP contribution in [0, 0.1) is 6.08 Å². The van der Waals surface area contributed by atoms with Crippen molar-refractivity contribution >= 4 is 8.32 Å². The third-order valence-electron chi connectivity index (χ3n) is 2.55. The molecule has 18 heavy (non-hydrogen) atoms. The van der Waals surface area contributed by atoms with E-state index < -0.39 is 8.32 Å². The quantitative estimate of drug-likeness (QED) is 0.405. The SMILES string of the molecule is CC(C)O[Si](C)(C)CCCC1=[C-]CC=C1.[Cl-].[Cl-].[Ti+3]. The zero-order valence-corrected chi connectivity index (χ0v) is 15.8. The topological polar surface area (TPSA) is 9.23 Å². The van der Waals surface area contributed by atoms with Gasteiger partial charge in [-0.25, -0.2) is 11.6 Å². The number of allylic oxidation sites excluding steroid dienone is 4. The van der Waals surface area contributed by atoms with Crippen molar-refractivity contribution in [2.45, 2.75) is 58.4 Å². The summed E-state index contributed by atoms with van der Waals surface area (Å²) >= 11 is 0. The van der Waals surface area contributed by atoms with Gasteiger partial charge in [0.15, 0.2) is 8.32 Å². The van der Waals surface area contributed by atoms with Crippen LogP contribution in [0.4, 0.5) is 0 Å². The molecule has 0 saturated heterocycles. The number of halogens is 2. The molecule has 0 aliphatic heterocycles. The van der Waals surface area contributed by atoms with Crippen molar-refractivity contribution in [1.82, 2.24) is 0 Å². The van der Waals surface area contributed by atoms with Crippen molar-refractivity contribution in [3.8, 4) is 0 Å². The Labute approximate surface area is 141 Å². The van der Waals surface area contributed by atoms with E-state index in [1.54, 1.807) is 0 Å². The minimum atomic E-state index is -1.40. The zero-order valence-electron chi connectivity index (χ0n) is 11.7. The smallest absolute Gasteiger partial charge is 1.00 e. The fourth-order valence-corrected chi connectivity index (χ4v) is 4.45. The molecule has 1 aliphatic carbocycles. The molecule has 0 bridgehead atoms. The fourth-order valence-electron chi connectivity index (χ4n) is 2.02. The van der Waals surface area contributed by atoms with Gasteiger partial charge in [-0.3, -0.25) is 6.08 Å². The van der Waals surface area contributed by atoms with E-state index in [1.165, 1.54) is 24.5 Å². The summed E-state index contributed by atoms with van der Waals surface area (Å²) in [5.74, 6) is 0. The van der Waals surface area contributed by atoms with Gasteiger partial charge >= 0.3 is 21.7 Å². The number of hydrogen-bond donors (Lipinski definition) is 0. The number of rotatable bonds is 6. The van der Waals surface area contributed by atoms with E-state index in [0.717, 1.165) is 6.42 Å². The maximum absolute atomic E-state index is 5.99. The van der Waals surface area contributed by atoms with Gasteiger partial charge in [-0.1, -0.05) is 12.8 Å². The third kappa shape index (κ3) is 10.8. The molecule has 0 aromatic rings. The van der Waals surface area contributed by atoms with Crippen molar-refractivity contribution < 1.29 is 51.0 Å². The van der Waals surface area contributed by atoms with Gasteiger partial charge in [0.1, 0.15) is 0 Å². The predicted molar refractivity (Wildman–Crippen MR) is 68.3 cm³/mol. The van der Waals surface area contributed by atoms with Crippen molar-refractivity contribution in [1.29, 1.82) is 0 Å². The van der Waals surface area contributed by atoms with Gasteiger partial charge in [0.05, 0.1) is 0 Å². The van der Waals surface area contributed by atoms with Crippen LogP contribution in [0.25, 0.3) is 0 Å². The second kappa shape index (κ2) is 11.8. The van der Waals surface area contributed by atoms with Gasteiger partial charge in [-0.2, -0.15) is 6.08 Å². The largest absolute Gasteiger partial charge is 3.00 e. The Morgan fingerprint density at radius 1 is 1.33 bits per heavy atom. The third-order valence-corrected chi connectivity index (χ3v) is 5.21. The van der Waals surface area contributed by atoms with Gasteiger partial charge in [0.2, 0.25) is 0 Å². The van der Waals surface area contributed by atoms with Gasteiger partial charge in [-0.15, -0.1) is 6.42 Å². The van der Waals surface area contributed by atoms with Crippen LogP contribution in [0.3, 0.4) is 0 Å². The fraction of sp³-hybridized carbons (Fsp3) is 0.692. The van der Waals surface area contributed by atoms with Crippen LogP contribution in [-0.4, -0.2) is 14.4 Å². The van der Waals surface area contributed by atoms with Crippen LogP contribution in [0.5, 0.6) is 0 Å². The Hall–Kier alpha value is 0.951. The van der Waals surface area contributed by atoms with Crippen molar-refractivity contribution in [3.05, 3.63) is 23.8 Å². The molecule has 1 nitrogen and oxygen atoms in total. The van der Waals surface area contributed by atoms with E-state index in [0.29, 0.717) is 6.10 Å². The van der Waals surface area contributed by atoms with E-state index >= 15 is 0 Å². The zero-order chi connectivity index (χ0) is 11.3. The summed E-state index contributed by atoms with van der Waals surface area (Å²) in [4.78, 5) is 0. The Morgan fingerprint density at radius 2 is 1.94 bits per heavy atom. The normalized spacial score (nSPS) is 13.5. The first-order valence-electron chi connectivity index (χ1n) is 5.94. The molecule has 0 aromatic heterocycles. The summed E-state index contributed by atoms with van der Waals surface area (Å²) in [7, 11) is -1.40. The molecule has 0 spiro atoms. The summed E-state index contributed by atoms with van der Waals surface area (Å²) in [6.07, 6.45) is 11.6. The first-order valence-corrected chi connectivity index (χ1v) is 9.05. The molecule has 0 amide bonds. The molecule has 0 atom stereocenters. The molecule has 0 aromatic carbocycles. The second-order valence-corrected chi connectivity index (χ2v) is 9.34. The van der Waals surface area contributed by atoms with E-state index in [4.69, 9.17) is 4.43 Å². The standard InChI is InChI=1S/C13H23OSi.2ClH.Ti/c1-12(2)14-15(3,4)11-7-10-13-8-5-6-9-13;;;/h5,8,12H,6-7,10-11H2,1-4H3;2*1H;/q-1;;;+3/p-2. The van der Waals surface area contributed by atoms with Crippen molar-refractivity contribution in [3.63, 3.8) is 0 Å². The predicted octanol–water partition coefficient (Wildman–Crippen LogP) is -1.91. The van der Waals surface area contributed by atoms with Crippen LogP contribution >= 0.6 is 0 Å². The summed E-state index contributed by atoms with van der Waals surface area (Å²) in [5, 5.41) is 0. The monoisotopic (exact) mass is 341 g/mol. The number of hydrogen-bond acceptors (Lipinski definition) is 1. The van der Waals surface area contributed by atoms with Crippen molar-refractivity contribution in [2.24, 2.45) is 0 Å². The summed E-state index contributed by atoms with van der Waals surface area (Å²) < 4.78 is 5.99. The molecule has 0 heterocycles. The van der Waals surface area contributed by atoms with Crippen LogP contribution in [0.2, 0.25) is 19.1 Å². The van der Waals surface area contributed by atoms with E-state index in [9.17, 15) is 0 Å². The Kier molecular flexibility index (Phi) is 15.7. The van der Waals surface area contributed by atoms with Crippen LogP contribution in [-0.2, 0) is 26.1 Å². The molecule has 103 valence electrons. The molecule has 0 unspecified atom stereocenters. The molecule has 0 saturated carbocycles. The summed E-state index contributed by atoms with van der Waals surface area (Å²) in [6, 6.07) is 1.25.